The topological polar surface area (TPSA) is 101 Å². The minimum atomic E-state index is -1.40. The molecule has 0 aliphatic carbocycles. The Morgan fingerprint density at radius 3 is 2.72 bits per heavy atom. The molecule has 18 heavy (non-hydrogen) atoms. The van der Waals surface area contributed by atoms with Crippen LogP contribution in [0.15, 0.2) is 12.3 Å². The van der Waals surface area contributed by atoms with Gasteiger partial charge in [0.05, 0.1) is 17.2 Å². The van der Waals surface area contributed by atoms with E-state index in [0.717, 1.165) is 0 Å². The van der Waals surface area contributed by atoms with Crippen molar-refractivity contribution in [3.8, 4) is 0 Å². The molecule has 100 valence electrons. The molecule has 0 saturated heterocycles. The number of carbonyl (C=O) groups excluding carboxylic acids is 1. The lowest BCUT2D eigenvalue weighted by atomic mass is 10.3. The van der Waals surface area contributed by atoms with Gasteiger partial charge >= 0.3 is 5.97 Å². The summed E-state index contributed by atoms with van der Waals surface area (Å²) >= 11 is 0. The standard InChI is InChI=1S/C10H15N3O4S/c1-7(14)11-9(10(15)16)6-18(17)5-8-3-4-13(2)12-8/h3-4,9H,5-6H2,1-2H3,(H,11,14)(H,15,16). The molecule has 0 saturated carbocycles. The zero-order valence-corrected chi connectivity index (χ0v) is 10.9. The quantitative estimate of drug-likeness (QED) is 0.710. The number of carboxylic acids is 1. The van der Waals surface area contributed by atoms with Gasteiger partial charge in [-0.3, -0.25) is 13.7 Å². The van der Waals surface area contributed by atoms with E-state index >= 15 is 0 Å². The summed E-state index contributed by atoms with van der Waals surface area (Å²) in [5.41, 5.74) is 0.628. The molecular weight excluding hydrogens is 258 g/mol. The normalized spacial score (nSPS) is 13.9. The van der Waals surface area contributed by atoms with Crippen LogP contribution in [0.1, 0.15) is 12.6 Å². The van der Waals surface area contributed by atoms with Crippen LogP contribution >= 0.6 is 0 Å². The van der Waals surface area contributed by atoms with E-state index in [2.05, 4.69) is 10.4 Å². The number of amides is 1. The number of aromatic nitrogens is 2. The first-order valence-corrected chi connectivity index (χ1v) is 6.70. The van der Waals surface area contributed by atoms with Gasteiger partial charge in [0.1, 0.15) is 6.04 Å². The molecule has 2 atom stereocenters. The van der Waals surface area contributed by atoms with Gasteiger partial charge in [-0.25, -0.2) is 4.79 Å². The maximum Gasteiger partial charge on any atom is 0.327 e. The third-order valence-electron chi connectivity index (χ3n) is 2.11. The molecule has 8 heteroatoms. The highest BCUT2D eigenvalue weighted by molar-refractivity contribution is 7.84. The van der Waals surface area contributed by atoms with Crippen LogP contribution in [0, 0.1) is 0 Å². The van der Waals surface area contributed by atoms with Gasteiger partial charge in [-0.2, -0.15) is 5.10 Å². The molecule has 0 aliphatic heterocycles. The SMILES string of the molecule is CC(=O)NC(CS(=O)Cc1ccn(C)n1)C(=O)O. The maximum absolute atomic E-state index is 11.8. The van der Waals surface area contributed by atoms with Crippen molar-refractivity contribution in [3.05, 3.63) is 18.0 Å². The first kappa shape index (κ1) is 14.4. The highest BCUT2D eigenvalue weighted by Crippen LogP contribution is 2.01. The van der Waals surface area contributed by atoms with Gasteiger partial charge in [0, 0.05) is 31.0 Å². The molecular formula is C10H15N3O4S. The zero-order valence-electron chi connectivity index (χ0n) is 10.1. The van der Waals surface area contributed by atoms with Crippen molar-refractivity contribution >= 4 is 22.7 Å². The Balaban J connectivity index is 2.56. The molecule has 0 spiro atoms. The fraction of sp³-hybridized carbons (Fsp3) is 0.500. The van der Waals surface area contributed by atoms with Gasteiger partial charge in [0.15, 0.2) is 0 Å². The Bertz CT molecular complexity index is 471. The lowest BCUT2D eigenvalue weighted by Crippen LogP contribution is -2.43. The molecule has 1 heterocycles. The second kappa shape index (κ2) is 6.29. The van der Waals surface area contributed by atoms with E-state index in [1.807, 2.05) is 0 Å². The van der Waals surface area contributed by atoms with Crippen LogP contribution in [0.4, 0.5) is 0 Å². The third kappa shape index (κ3) is 4.66. The molecule has 0 radical (unpaired) electrons. The molecule has 1 amide bonds. The Labute approximate surface area is 107 Å². The number of aryl methyl sites for hydroxylation is 1. The van der Waals surface area contributed by atoms with E-state index < -0.39 is 28.7 Å². The number of hydrogen-bond acceptors (Lipinski definition) is 4. The van der Waals surface area contributed by atoms with Crippen LogP contribution < -0.4 is 5.32 Å². The van der Waals surface area contributed by atoms with Crippen molar-refractivity contribution in [2.45, 2.75) is 18.7 Å². The molecule has 0 aromatic carbocycles. The first-order valence-electron chi connectivity index (χ1n) is 5.22. The highest BCUT2D eigenvalue weighted by atomic mass is 32.2. The average Bonchev–Trinajstić information content (AvgIpc) is 2.62. The largest absolute Gasteiger partial charge is 0.480 e. The molecule has 0 bridgehead atoms. The molecule has 1 rings (SSSR count). The second-order valence-corrected chi connectivity index (χ2v) is 5.32. The summed E-state index contributed by atoms with van der Waals surface area (Å²) in [4.78, 5) is 21.7. The summed E-state index contributed by atoms with van der Waals surface area (Å²) in [6.45, 7) is 1.22. The van der Waals surface area contributed by atoms with E-state index in [4.69, 9.17) is 5.11 Å². The van der Waals surface area contributed by atoms with Gasteiger partial charge in [0.25, 0.3) is 0 Å². The van der Waals surface area contributed by atoms with Crippen LogP contribution in [-0.2, 0) is 33.2 Å². The van der Waals surface area contributed by atoms with Gasteiger partial charge < -0.3 is 10.4 Å². The van der Waals surface area contributed by atoms with Crippen LogP contribution in [0.5, 0.6) is 0 Å². The van der Waals surface area contributed by atoms with Gasteiger partial charge in [-0.15, -0.1) is 0 Å². The molecule has 0 aliphatic rings. The van der Waals surface area contributed by atoms with Crippen LogP contribution in [0.2, 0.25) is 0 Å². The molecule has 0 fully saturated rings. The predicted octanol–water partition coefficient (Wildman–Crippen LogP) is -0.742. The fourth-order valence-corrected chi connectivity index (χ4v) is 2.57. The molecule has 1 aromatic heterocycles. The van der Waals surface area contributed by atoms with E-state index in [9.17, 15) is 13.8 Å². The lowest BCUT2D eigenvalue weighted by Gasteiger charge is -2.12. The monoisotopic (exact) mass is 273 g/mol. The Morgan fingerprint density at radius 1 is 1.61 bits per heavy atom. The lowest BCUT2D eigenvalue weighted by molar-refractivity contribution is -0.140. The van der Waals surface area contributed by atoms with E-state index in [-0.39, 0.29) is 11.5 Å². The maximum atomic E-state index is 11.8. The number of aliphatic carboxylic acids is 1. The van der Waals surface area contributed by atoms with Crippen molar-refractivity contribution in [3.63, 3.8) is 0 Å². The zero-order chi connectivity index (χ0) is 13.7. The third-order valence-corrected chi connectivity index (χ3v) is 3.43. The van der Waals surface area contributed by atoms with Gasteiger partial charge in [-0.1, -0.05) is 0 Å². The van der Waals surface area contributed by atoms with Crippen molar-refractivity contribution in [2.75, 3.05) is 5.75 Å². The number of carbonyl (C=O) groups is 2. The minimum Gasteiger partial charge on any atom is -0.480 e. The number of nitrogens with one attached hydrogen (secondary N) is 1. The van der Waals surface area contributed by atoms with Gasteiger partial charge in [0.2, 0.25) is 5.91 Å². The average molecular weight is 273 g/mol. The Hall–Kier alpha value is -1.70. The number of nitrogens with zero attached hydrogens (tertiary/aromatic N) is 2. The predicted molar refractivity (Wildman–Crippen MR) is 65.2 cm³/mol. The minimum absolute atomic E-state index is 0.133. The number of rotatable bonds is 6. The van der Waals surface area contributed by atoms with Crippen LogP contribution in [0.3, 0.4) is 0 Å². The summed E-state index contributed by atoms with van der Waals surface area (Å²) in [7, 11) is 0.344. The van der Waals surface area contributed by atoms with E-state index in [1.165, 1.54) is 6.92 Å². The van der Waals surface area contributed by atoms with E-state index in [0.29, 0.717) is 5.69 Å². The summed E-state index contributed by atoms with van der Waals surface area (Å²) < 4.78 is 13.3. The Morgan fingerprint density at radius 2 is 2.28 bits per heavy atom. The summed E-state index contributed by atoms with van der Waals surface area (Å²) in [6.07, 6.45) is 1.72. The second-order valence-electron chi connectivity index (χ2n) is 3.82. The highest BCUT2D eigenvalue weighted by Gasteiger charge is 2.21. The van der Waals surface area contributed by atoms with Crippen LogP contribution in [-0.4, -0.2) is 42.8 Å². The molecule has 2 unspecified atom stereocenters. The number of hydrogen-bond donors (Lipinski definition) is 2. The van der Waals surface area contributed by atoms with Crippen LogP contribution in [0.25, 0.3) is 0 Å². The molecule has 7 nitrogen and oxygen atoms in total. The summed E-state index contributed by atoms with van der Waals surface area (Å²) in [5, 5.41) is 15.2. The van der Waals surface area contributed by atoms with Gasteiger partial charge in [-0.05, 0) is 6.07 Å². The Kier molecular flexibility index (Phi) is 5.02. The van der Waals surface area contributed by atoms with Crippen molar-refractivity contribution in [1.82, 2.24) is 15.1 Å². The molecule has 1 aromatic rings. The summed E-state index contributed by atoms with van der Waals surface area (Å²) in [5.74, 6) is -1.62. The summed E-state index contributed by atoms with van der Waals surface area (Å²) in [6, 6.07) is 0.582. The number of carboxylic acid groups (broad SMARTS) is 1. The fourth-order valence-electron chi connectivity index (χ4n) is 1.37. The van der Waals surface area contributed by atoms with Crippen molar-refractivity contribution in [1.29, 1.82) is 0 Å². The van der Waals surface area contributed by atoms with E-state index in [1.54, 1.807) is 24.0 Å². The smallest absolute Gasteiger partial charge is 0.327 e. The first-order chi connectivity index (χ1) is 8.38. The molecule has 2 N–H and O–H groups in total. The van der Waals surface area contributed by atoms with Crippen molar-refractivity contribution in [2.24, 2.45) is 7.05 Å². The van der Waals surface area contributed by atoms with Crippen molar-refractivity contribution < 1.29 is 18.9 Å².